The van der Waals surface area contributed by atoms with Gasteiger partial charge in [-0.3, -0.25) is 4.68 Å². The minimum Gasteiger partial charge on any atom is -0.326 e. The predicted molar refractivity (Wildman–Crippen MR) is 45.0 cm³/mol. The van der Waals surface area contributed by atoms with Crippen molar-refractivity contribution >= 4 is 0 Å². The summed E-state index contributed by atoms with van der Waals surface area (Å²) in [6.45, 7) is 5.05. The zero-order chi connectivity index (χ0) is 8.27. The second kappa shape index (κ2) is 3.53. The van der Waals surface area contributed by atoms with E-state index in [-0.39, 0.29) is 6.04 Å². The molecular weight excluding hydrogens is 138 g/mol. The van der Waals surface area contributed by atoms with Crippen LogP contribution < -0.4 is 5.73 Å². The SMILES string of the molecule is CC(C)[C@H](N)Cn1cccn1. The summed E-state index contributed by atoms with van der Waals surface area (Å²) >= 11 is 0. The summed E-state index contributed by atoms with van der Waals surface area (Å²) in [5.41, 5.74) is 5.85. The molecule has 1 aromatic rings. The van der Waals surface area contributed by atoms with Crippen molar-refractivity contribution in [3.8, 4) is 0 Å². The Morgan fingerprint density at radius 1 is 1.55 bits per heavy atom. The third kappa shape index (κ3) is 2.35. The molecule has 2 N–H and O–H groups in total. The van der Waals surface area contributed by atoms with Crippen molar-refractivity contribution in [2.75, 3.05) is 0 Å². The van der Waals surface area contributed by atoms with Crippen molar-refractivity contribution in [3.63, 3.8) is 0 Å². The average Bonchev–Trinajstić information content (AvgIpc) is 2.39. The molecule has 0 unspecified atom stereocenters. The highest BCUT2D eigenvalue weighted by Crippen LogP contribution is 2.00. The van der Waals surface area contributed by atoms with Crippen LogP contribution in [0.1, 0.15) is 13.8 Å². The van der Waals surface area contributed by atoms with E-state index in [4.69, 9.17) is 5.73 Å². The van der Waals surface area contributed by atoms with E-state index in [1.54, 1.807) is 6.20 Å². The topological polar surface area (TPSA) is 43.8 Å². The quantitative estimate of drug-likeness (QED) is 0.700. The molecule has 1 atom stereocenters. The first-order valence-electron chi connectivity index (χ1n) is 3.93. The second-order valence-corrected chi connectivity index (χ2v) is 3.14. The van der Waals surface area contributed by atoms with Gasteiger partial charge in [0.2, 0.25) is 0 Å². The van der Waals surface area contributed by atoms with Gasteiger partial charge in [0.05, 0.1) is 6.54 Å². The minimum atomic E-state index is 0.204. The molecule has 3 heteroatoms. The monoisotopic (exact) mass is 153 g/mol. The Hall–Kier alpha value is -0.830. The Balaban J connectivity index is 2.43. The summed E-state index contributed by atoms with van der Waals surface area (Å²) in [6.07, 6.45) is 3.70. The van der Waals surface area contributed by atoms with Crippen LogP contribution in [0.25, 0.3) is 0 Å². The average molecular weight is 153 g/mol. The molecule has 1 heterocycles. The van der Waals surface area contributed by atoms with E-state index in [9.17, 15) is 0 Å². The van der Waals surface area contributed by atoms with Gasteiger partial charge < -0.3 is 5.73 Å². The molecule has 3 nitrogen and oxygen atoms in total. The summed E-state index contributed by atoms with van der Waals surface area (Å²) in [5, 5.41) is 4.08. The number of nitrogens with zero attached hydrogens (tertiary/aromatic N) is 2. The van der Waals surface area contributed by atoms with Gasteiger partial charge in [0.25, 0.3) is 0 Å². The van der Waals surface area contributed by atoms with Crippen molar-refractivity contribution < 1.29 is 0 Å². The van der Waals surface area contributed by atoms with Gasteiger partial charge in [-0.2, -0.15) is 5.10 Å². The van der Waals surface area contributed by atoms with Crippen molar-refractivity contribution in [1.82, 2.24) is 9.78 Å². The van der Waals surface area contributed by atoms with E-state index in [1.807, 2.05) is 16.9 Å². The molecule has 0 aromatic carbocycles. The molecule has 62 valence electrons. The van der Waals surface area contributed by atoms with E-state index >= 15 is 0 Å². The summed E-state index contributed by atoms with van der Waals surface area (Å²) in [7, 11) is 0. The van der Waals surface area contributed by atoms with E-state index < -0.39 is 0 Å². The first kappa shape index (κ1) is 8.27. The molecule has 11 heavy (non-hydrogen) atoms. The Kier molecular flexibility index (Phi) is 2.65. The molecule has 0 radical (unpaired) electrons. The van der Waals surface area contributed by atoms with Crippen molar-refractivity contribution in [1.29, 1.82) is 0 Å². The van der Waals surface area contributed by atoms with Gasteiger partial charge in [0.1, 0.15) is 0 Å². The van der Waals surface area contributed by atoms with Gasteiger partial charge in [0.15, 0.2) is 0 Å². The van der Waals surface area contributed by atoms with Crippen LogP contribution in [-0.2, 0) is 6.54 Å². The summed E-state index contributed by atoms with van der Waals surface area (Å²) in [5.74, 6) is 0.513. The Morgan fingerprint density at radius 2 is 2.27 bits per heavy atom. The first-order valence-corrected chi connectivity index (χ1v) is 3.93. The van der Waals surface area contributed by atoms with E-state index in [0.29, 0.717) is 5.92 Å². The fraction of sp³-hybridized carbons (Fsp3) is 0.625. The van der Waals surface area contributed by atoms with Crippen LogP contribution in [0.5, 0.6) is 0 Å². The van der Waals surface area contributed by atoms with Crippen LogP contribution >= 0.6 is 0 Å². The van der Waals surface area contributed by atoms with Gasteiger partial charge in [-0.05, 0) is 12.0 Å². The number of rotatable bonds is 3. The largest absolute Gasteiger partial charge is 0.326 e. The zero-order valence-electron chi connectivity index (χ0n) is 7.07. The lowest BCUT2D eigenvalue weighted by Gasteiger charge is -2.14. The Bertz CT molecular complexity index is 191. The fourth-order valence-electron chi connectivity index (χ4n) is 0.835. The molecule has 0 spiro atoms. The van der Waals surface area contributed by atoms with Crippen LogP contribution in [0.3, 0.4) is 0 Å². The molecule has 0 aliphatic heterocycles. The van der Waals surface area contributed by atoms with Crippen LogP contribution in [0.4, 0.5) is 0 Å². The maximum Gasteiger partial charge on any atom is 0.0563 e. The van der Waals surface area contributed by atoms with Gasteiger partial charge in [0, 0.05) is 18.4 Å². The lowest BCUT2D eigenvalue weighted by molar-refractivity contribution is 0.413. The van der Waals surface area contributed by atoms with Crippen molar-refractivity contribution in [2.45, 2.75) is 26.4 Å². The Labute approximate surface area is 67.2 Å². The fourth-order valence-corrected chi connectivity index (χ4v) is 0.835. The standard InChI is InChI=1S/C8H15N3/c1-7(2)8(9)6-11-5-3-4-10-11/h3-5,7-8H,6,9H2,1-2H3/t8-/m1/s1. The maximum absolute atomic E-state index is 5.85. The summed E-state index contributed by atoms with van der Waals surface area (Å²) in [6, 6.07) is 2.11. The third-order valence-corrected chi connectivity index (χ3v) is 1.81. The van der Waals surface area contributed by atoms with E-state index in [0.717, 1.165) is 6.54 Å². The van der Waals surface area contributed by atoms with Gasteiger partial charge in [-0.1, -0.05) is 13.8 Å². The maximum atomic E-state index is 5.85. The number of aromatic nitrogens is 2. The normalized spacial score (nSPS) is 13.8. The molecule has 0 fully saturated rings. The van der Waals surface area contributed by atoms with Gasteiger partial charge >= 0.3 is 0 Å². The Morgan fingerprint density at radius 3 is 2.73 bits per heavy atom. The predicted octanol–water partition coefficient (Wildman–Crippen LogP) is 0.866. The van der Waals surface area contributed by atoms with Gasteiger partial charge in [-0.25, -0.2) is 0 Å². The number of nitrogens with two attached hydrogens (primary N) is 1. The molecule has 0 aliphatic rings. The molecule has 0 saturated carbocycles. The minimum absolute atomic E-state index is 0.204. The van der Waals surface area contributed by atoms with Crippen LogP contribution in [0, 0.1) is 5.92 Å². The van der Waals surface area contributed by atoms with Gasteiger partial charge in [-0.15, -0.1) is 0 Å². The highest BCUT2D eigenvalue weighted by molar-refractivity contribution is 4.79. The molecular formula is C8H15N3. The lowest BCUT2D eigenvalue weighted by atomic mass is 10.1. The molecule has 1 rings (SSSR count). The molecule has 0 bridgehead atoms. The molecule has 1 aromatic heterocycles. The first-order chi connectivity index (χ1) is 5.20. The van der Waals surface area contributed by atoms with Crippen LogP contribution in [0.15, 0.2) is 18.5 Å². The highest BCUT2D eigenvalue weighted by Gasteiger charge is 2.07. The zero-order valence-corrected chi connectivity index (χ0v) is 7.07. The van der Waals surface area contributed by atoms with Crippen molar-refractivity contribution in [3.05, 3.63) is 18.5 Å². The third-order valence-electron chi connectivity index (χ3n) is 1.81. The summed E-state index contributed by atoms with van der Waals surface area (Å²) < 4.78 is 1.87. The van der Waals surface area contributed by atoms with Crippen LogP contribution in [0.2, 0.25) is 0 Å². The van der Waals surface area contributed by atoms with E-state index in [2.05, 4.69) is 18.9 Å². The number of hydrogen-bond acceptors (Lipinski definition) is 2. The second-order valence-electron chi connectivity index (χ2n) is 3.14. The molecule has 0 saturated heterocycles. The summed E-state index contributed by atoms with van der Waals surface area (Å²) in [4.78, 5) is 0. The lowest BCUT2D eigenvalue weighted by Crippen LogP contribution is -2.31. The van der Waals surface area contributed by atoms with Crippen LogP contribution in [-0.4, -0.2) is 15.8 Å². The van der Waals surface area contributed by atoms with E-state index in [1.165, 1.54) is 0 Å². The van der Waals surface area contributed by atoms with Crippen molar-refractivity contribution in [2.24, 2.45) is 11.7 Å². The highest BCUT2D eigenvalue weighted by atomic mass is 15.3. The number of hydrogen-bond donors (Lipinski definition) is 1. The molecule has 0 amide bonds. The smallest absolute Gasteiger partial charge is 0.0563 e. The molecule has 0 aliphatic carbocycles.